The predicted octanol–water partition coefficient (Wildman–Crippen LogP) is 0.149. The number of hydrogen-bond donors (Lipinski definition) is 2. The minimum atomic E-state index is -0.826. The van der Waals surface area contributed by atoms with Crippen LogP contribution in [0.5, 0.6) is 0 Å². The second-order valence-electron chi connectivity index (χ2n) is 2.69. The second kappa shape index (κ2) is 3.64. The highest BCUT2D eigenvalue weighted by Crippen LogP contribution is 2.13. The molecule has 5 heteroatoms. The van der Waals surface area contributed by atoms with E-state index in [9.17, 15) is 5.11 Å². The predicted molar refractivity (Wildman–Crippen MR) is 42.3 cm³/mol. The molecule has 0 amide bonds. The van der Waals surface area contributed by atoms with Gasteiger partial charge in [0.1, 0.15) is 6.10 Å². The lowest BCUT2D eigenvalue weighted by Gasteiger charge is -2.12. The smallest absolute Gasteiger partial charge is 0.223 e. The van der Waals surface area contributed by atoms with Gasteiger partial charge in [-0.1, -0.05) is 12.1 Å². The molecule has 0 bridgehead atoms. The van der Waals surface area contributed by atoms with Crippen molar-refractivity contribution < 1.29 is 9.63 Å². The van der Waals surface area contributed by atoms with Crippen LogP contribution in [0.3, 0.4) is 0 Å². The van der Waals surface area contributed by atoms with Crippen molar-refractivity contribution in [1.29, 1.82) is 0 Å². The molecule has 1 heterocycles. The van der Waals surface area contributed by atoms with Crippen LogP contribution in [0.25, 0.3) is 0 Å². The van der Waals surface area contributed by atoms with E-state index in [2.05, 4.69) is 10.1 Å². The van der Waals surface area contributed by atoms with Gasteiger partial charge in [0.05, 0.1) is 0 Å². The lowest BCUT2D eigenvalue weighted by molar-refractivity contribution is 0.132. The summed E-state index contributed by atoms with van der Waals surface area (Å²) in [5.74, 6) is 0.703. The first-order chi connectivity index (χ1) is 5.65. The maximum atomic E-state index is 9.49. The molecule has 68 valence electrons. The average Bonchev–Trinajstić information content (AvgIpc) is 2.49. The van der Waals surface area contributed by atoms with Crippen LogP contribution in [-0.2, 0) is 0 Å². The van der Waals surface area contributed by atoms with Crippen LogP contribution in [0.1, 0.15) is 31.2 Å². The Bertz CT molecular complexity index is 249. The van der Waals surface area contributed by atoms with Gasteiger partial charge in [0.25, 0.3) is 0 Å². The summed E-state index contributed by atoms with van der Waals surface area (Å²) in [5, 5.41) is 13.1. The van der Waals surface area contributed by atoms with Gasteiger partial charge in [-0.3, -0.25) is 0 Å². The highest BCUT2D eigenvalue weighted by Gasteiger charge is 2.19. The van der Waals surface area contributed by atoms with E-state index >= 15 is 0 Å². The molecule has 1 aromatic rings. The Hall–Kier alpha value is -0.940. The van der Waals surface area contributed by atoms with Crippen LogP contribution < -0.4 is 5.73 Å². The first-order valence-corrected chi connectivity index (χ1v) is 3.89. The lowest BCUT2D eigenvalue weighted by atomic mass is 10.1. The highest BCUT2D eigenvalue weighted by atomic mass is 16.5. The summed E-state index contributed by atoms with van der Waals surface area (Å²) in [5.41, 5.74) is 5.59. The van der Waals surface area contributed by atoms with Gasteiger partial charge in [0.15, 0.2) is 0 Å². The largest absolute Gasteiger partial charge is 0.383 e. The number of aryl methyl sites for hydroxylation is 1. The zero-order valence-corrected chi connectivity index (χ0v) is 7.19. The fourth-order valence-electron chi connectivity index (χ4n) is 0.850. The van der Waals surface area contributed by atoms with E-state index in [-0.39, 0.29) is 11.9 Å². The van der Waals surface area contributed by atoms with E-state index in [1.54, 1.807) is 6.92 Å². The Kier molecular flexibility index (Phi) is 2.78. The van der Waals surface area contributed by atoms with Crippen LogP contribution in [0.2, 0.25) is 0 Å². The Morgan fingerprint density at radius 3 is 2.75 bits per heavy atom. The van der Waals surface area contributed by atoms with Gasteiger partial charge in [-0.25, -0.2) is 0 Å². The van der Waals surface area contributed by atoms with Crippen LogP contribution in [-0.4, -0.2) is 21.3 Å². The summed E-state index contributed by atoms with van der Waals surface area (Å²) < 4.78 is 4.70. The molecule has 0 aliphatic carbocycles. The van der Waals surface area contributed by atoms with Crippen LogP contribution in [0.15, 0.2) is 4.52 Å². The number of rotatable bonds is 3. The molecule has 0 saturated heterocycles. The summed E-state index contributed by atoms with van der Waals surface area (Å²) in [7, 11) is 0. The molecule has 0 fully saturated rings. The van der Waals surface area contributed by atoms with Crippen LogP contribution in [0.4, 0.5) is 0 Å². The number of nitrogens with zero attached hydrogens (tertiary/aromatic N) is 2. The average molecular weight is 171 g/mol. The van der Waals surface area contributed by atoms with E-state index in [0.717, 1.165) is 0 Å². The molecular weight excluding hydrogens is 158 g/mol. The molecule has 0 aliphatic rings. The van der Waals surface area contributed by atoms with Gasteiger partial charge in [-0.05, 0) is 6.42 Å². The normalized spacial score (nSPS) is 16.0. The quantitative estimate of drug-likeness (QED) is 0.676. The highest BCUT2D eigenvalue weighted by molar-refractivity contribution is 4.93. The summed E-state index contributed by atoms with van der Waals surface area (Å²) in [6.07, 6.45) is -0.151. The first kappa shape index (κ1) is 9.15. The summed E-state index contributed by atoms with van der Waals surface area (Å²) in [6.45, 7) is 3.56. The standard InChI is InChI=1S/C7H13N3O2/c1-3-5(8)6(11)7-9-4(2)12-10-7/h5-6,11H,3,8H2,1-2H3/t5-,6?/m0/s1. The van der Waals surface area contributed by atoms with Crippen LogP contribution in [0, 0.1) is 6.92 Å². The number of aliphatic hydroxyl groups excluding tert-OH is 1. The number of aliphatic hydroxyl groups is 1. The molecule has 1 rings (SSSR count). The van der Waals surface area contributed by atoms with E-state index in [1.165, 1.54) is 0 Å². The molecule has 5 nitrogen and oxygen atoms in total. The zero-order valence-electron chi connectivity index (χ0n) is 7.19. The number of nitrogens with two attached hydrogens (primary N) is 1. The van der Waals surface area contributed by atoms with Crippen molar-refractivity contribution in [1.82, 2.24) is 10.1 Å². The molecule has 0 saturated carbocycles. The number of hydrogen-bond acceptors (Lipinski definition) is 5. The summed E-state index contributed by atoms with van der Waals surface area (Å²) in [4.78, 5) is 3.87. The Balaban J connectivity index is 2.70. The van der Waals surface area contributed by atoms with E-state index in [4.69, 9.17) is 10.3 Å². The molecule has 2 atom stereocenters. The van der Waals surface area contributed by atoms with Crippen molar-refractivity contribution in [3.05, 3.63) is 11.7 Å². The van der Waals surface area contributed by atoms with Crippen molar-refractivity contribution in [2.24, 2.45) is 5.73 Å². The molecular formula is C7H13N3O2. The molecule has 1 aromatic heterocycles. The van der Waals surface area contributed by atoms with Gasteiger partial charge < -0.3 is 15.4 Å². The Morgan fingerprint density at radius 1 is 1.67 bits per heavy atom. The van der Waals surface area contributed by atoms with Crippen molar-refractivity contribution in [3.63, 3.8) is 0 Å². The van der Waals surface area contributed by atoms with Crippen molar-refractivity contribution in [2.45, 2.75) is 32.4 Å². The summed E-state index contributed by atoms with van der Waals surface area (Å²) in [6, 6.07) is -0.331. The molecule has 12 heavy (non-hydrogen) atoms. The first-order valence-electron chi connectivity index (χ1n) is 3.89. The zero-order chi connectivity index (χ0) is 9.14. The second-order valence-corrected chi connectivity index (χ2v) is 2.69. The minimum Gasteiger partial charge on any atom is -0.383 e. The molecule has 0 radical (unpaired) electrons. The lowest BCUT2D eigenvalue weighted by Crippen LogP contribution is -2.28. The van der Waals surface area contributed by atoms with Gasteiger partial charge >= 0.3 is 0 Å². The molecule has 3 N–H and O–H groups in total. The van der Waals surface area contributed by atoms with Crippen molar-refractivity contribution in [2.75, 3.05) is 0 Å². The Labute approximate surface area is 70.6 Å². The topological polar surface area (TPSA) is 85.2 Å². The van der Waals surface area contributed by atoms with E-state index in [0.29, 0.717) is 12.3 Å². The van der Waals surface area contributed by atoms with Crippen molar-refractivity contribution in [3.8, 4) is 0 Å². The molecule has 1 unspecified atom stereocenters. The van der Waals surface area contributed by atoms with Crippen molar-refractivity contribution >= 4 is 0 Å². The third-order valence-electron chi connectivity index (χ3n) is 1.68. The SMILES string of the molecule is CC[C@H](N)C(O)c1noc(C)n1. The maximum absolute atomic E-state index is 9.49. The maximum Gasteiger partial charge on any atom is 0.223 e. The monoisotopic (exact) mass is 171 g/mol. The fraction of sp³-hybridized carbons (Fsp3) is 0.714. The van der Waals surface area contributed by atoms with Crippen LogP contribution >= 0.6 is 0 Å². The number of aromatic nitrogens is 2. The summed E-state index contributed by atoms with van der Waals surface area (Å²) >= 11 is 0. The van der Waals surface area contributed by atoms with E-state index in [1.807, 2.05) is 6.92 Å². The molecule has 0 aliphatic heterocycles. The van der Waals surface area contributed by atoms with E-state index < -0.39 is 6.10 Å². The molecule has 0 aromatic carbocycles. The van der Waals surface area contributed by atoms with Gasteiger partial charge in [-0.15, -0.1) is 0 Å². The third-order valence-corrected chi connectivity index (χ3v) is 1.68. The fourth-order valence-corrected chi connectivity index (χ4v) is 0.850. The minimum absolute atomic E-state index is 0.266. The Morgan fingerprint density at radius 2 is 2.33 bits per heavy atom. The van der Waals surface area contributed by atoms with Gasteiger partial charge in [-0.2, -0.15) is 4.98 Å². The third kappa shape index (κ3) is 1.80. The van der Waals surface area contributed by atoms with Gasteiger partial charge in [0, 0.05) is 13.0 Å². The van der Waals surface area contributed by atoms with Gasteiger partial charge in [0.2, 0.25) is 11.7 Å². The molecule has 0 spiro atoms.